The van der Waals surface area contributed by atoms with Crippen LogP contribution in [0.25, 0.3) is 0 Å². The largest absolute Gasteiger partial charge is 0.308 e. The Morgan fingerprint density at radius 3 is 2.67 bits per heavy atom. The summed E-state index contributed by atoms with van der Waals surface area (Å²) in [5.74, 6) is 0. The highest BCUT2D eigenvalue weighted by molar-refractivity contribution is 7.80. The zero-order chi connectivity index (χ0) is 11.6. The normalized spacial score (nSPS) is 12.3. The molecule has 0 amide bonds. The van der Waals surface area contributed by atoms with Crippen molar-refractivity contribution < 1.29 is 8.76 Å². The highest BCUT2D eigenvalue weighted by atomic mass is 35.5. The number of hydrogen-bond acceptors (Lipinski definition) is 2. The first-order chi connectivity index (χ1) is 6.97. The Morgan fingerprint density at radius 2 is 2.20 bits per heavy atom. The molecule has 15 heavy (non-hydrogen) atoms. The van der Waals surface area contributed by atoms with Gasteiger partial charge in [0.2, 0.25) is 0 Å². The number of aryl methyl sites for hydroxylation is 1. The minimum Gasteiger partial charge on any atom is -0.308 e. The maximum absolute atomic E-state index is 10.6. The van der Waals surface area contributed by atoms with Crippen LogP contribution in [0.4, 0.5) is 5.69 Å². The number of anilines is 1. The lowest BCUT2D eigenvalue weighted by Crippen LogP contribution is -2.05. The molecule has 82 valence electrons. The third-order valence-electron chi connectivity index (χ3n) is 2.17. The number of nitrogens with one attached hydrogen (secondary N) is 2. The Morgan fingerprint density at radius 1 is 1.60 bits per heavy atom. The Hall–Kier alpha value is -0.910. The van der Waals surface area contributed by atoms with E-state index in [9.17, 15) is 4.21 Å². The van der Waals surface area contributed by atoms with Crippen LogP contribution in [0.1, 0.15) is 16.7 Å². The molecule has 0 spiro atoms. The molecule has 0 heterocycles. The van der Waals surface area contributed by atoms with Crippen LogP contribution in [0.15, 0.2) is 6.07 Å². The quantitative estimate of drug-likeness (QED) is 0.566. The summed E-state index contributed by atoms with van der Waals surface area (Å²) in [6.45, 7) is 3.70. The van der Waals surface area contributed by atoms with Crippen LogP contribution < -0.4 is 4.72 Å². The minimum absolute atomic E-state index is 0.288. The van der Waals surface area contributed by atoms with Gasteiger partial charge in [0.1, 0.15) is 0 Å². The molecule has 0 fully saturated rings. The summed E-state index contributed by atoms with van der Waals surface area (Å²) in [6, 6.07) is 1.68. The lowest BCUT2D eigenvalue weighted by molar-refractivity contribution is 0.570. The van der Waals surface area contributed by atoms with Crippen molar-refractivity contribution in [3.63, 3.8) is 0 Å². The number of halogens is 1. The van der Waals surface area contributed by atoms with E-state index < -0.39 is 11.3 Å². The van der Waals surface area contributed by atoms with Crippen molar-refractivity contribution in [1.29, 1.82) is 5.41 Å². The van der Waals surface area contributed by atoms with E-state index in [2.05, 4.69) is 4.72 Å². The van der Waals surface area contributed by atoms with Gasteiger partial charge in [0.25, 0.3) is 11.3 Å². The van der Waals surface area contributed by atoms with E-state index in [0.29, 0.717) is 11.3 Å². The predicted molar refractivity (Wildman–Crippen MR) is 63.2 cm³/mol. The van der Waals surface area contributed by atoms with Gasteiger partial charge in [-0.05, 0) is 31.0 Å². The fraction of sp³-hybridized carbons (Fsp3) is 0.222. The number of hydrogen-bond donors (Lipinski definition) is 3. The van der Waals surface area contributed by atoms with Gasteiger partial charge >= 0.3 is 0 Å². The summed E-state index contributed by atoms with van der Waals surface area (Å²) in [5, 5.41) is 7.51. The summed E-state index contributed by atoms with van der Waals surface area (Å²) in [5.41, 5.74) is 2.72. The van der Waals surface area contributed by atoms with Crippen molar-refractivity contribution in [2.24, 2.45) is 0 Å². The van der Waals surface area contributed by atoms with Crippen molar-refractivity contribution in [1.82, 2.24) is 0 Å². The molecule has 1 aromatic rings. The summed E-state index contributed by atoms with van der Waals surface area (Å²) in [4.78, 5) is 0. The number of rotatable bonds is 3. The maximum Gasteiger partial charge on any atom is 0.259 e. The van der Waals surface area contributed by atoms with Crippen molar-refractivity contribution in [2.45, 2.75) is 13.8 Å². The average molecular weight is 247 g/mol. The lowest BCUT2D eigenvalue weighted by Gasteiger charge is -2.12. The molecule has 0 aromatic heterocycles. The van der Waals surface area contributed by atoms with E-state index in [-0.39, 0.29) is 5.02 Å². The molecule has 6 heteroatoms. The standard InChI is InChI=1S/C9H11ClN2O2S/c1-5-3-8(12-15(13)14)9(10)7(4-11)6(5)2/h3-4,11-12H,1-2H3,(H,13,14). The molecule has 4 nitrogen and oxygen atoms in total. The highest BCUT2D eigenvalue weighted by Crippen LogP contribution is 2.30. The molecule has 1 rings (SSSR count). The van der Waals surface area contributed by atoms with Gasteiger partial charge in [-0.2, -0.15) is 0 Å². The molecule has 3 N–H and O–H groups in total. The third-order valence-corrected chi connectivity index (χ3v) is 2.97. The molecular weight excluding hydrogens is 236 g/mol. The van der Waals surface area contributed by atoms with Gasteiger partial charge in [0.15, 0.2) is 0 Å². The Kier molecular flexibility index (Phi) is 3.84. The zero-order valence-corrected chi connectivity index (χ0v) is 9.87. The second-order valence-electron chi connectivity index (χ2n) is 3.09. The van der Waals surface area contributed by atoms with E-state index in [0.717, 1.165) is 17.3 Å². The van der Waals surface area contributed by atoms with Gasteiger partial charge in [0.05, 0.1) is 10.7 Å². The highest BCUT2D eigenvalue weighted by Gasteiger charge is 2.11. The Bertz CT molecular complexity index is 435. The fourth-order valence-corrected chi connectivity index (χ4v) is 1.95. The average Bonchev–Trinajstić information content (AvgIpc) is 2.14. The summed E-state index contributed by atoms with van der Waals surface area (Å²) in [7, 11) is 0. The molecule has 0 aliphatic rings. The van der Waals surface area contributed by atoms with Gasteiger partial charge in [-0.1, -0.05) is 11.6 Å². The Balaban J connectivity index is 3.36. The SMILES string of the molecule is Cc1cc(NS(=O)O)c(Cl)c(C=N)c1C. The van der Waals surface area contributed by atoms with Gasteiger partial charge in [-0.15, -0.1) is 0 Å². The lowest BCUT2D eigenvalue weighted by atomic mass is 10.0. The van der Waals surface area contributed by atoms with Crippen LogP contribution in [-0.4, -0.2) is 15.0 Å². The van der Waals surface area contributed by atoms with Crippen LogP contribution in [0.3, 0.4) is 0 Å². The van der Waals surface area contributed by atoms with Crippen LogP contribution in [0.2, 0.25) is 5.02 Å². The first-order valence-corrected chi connectivity index (χ1v) is 5.63. The molecule has 1 aromatic carbocycles. The topological polar surface area (TPSA) is 73.2 Å². The van der Waals surface area contributed by atoms with E-state index in [1.165, 1.54) is 0 Å². The second kappa shape index (κ2) is 4.74. The summed E-state index contributed by atoms with van der Waals surface area (Å²) >= 11 is 3.81. The smallest absolute Gasteiger partial charge is 0.259 e. The second-order valence-corrected chi connectivity index (χ2v) is 4.17. The first kappa shape index (κ1) is 12.2. The van der Waals surface area contributed by atoms with Crippen molar-refractivity contribution in [3.8, 4) is 0 Å². The monoisotopic (exact) mass is 246 g/mol. The van der Waals surface area contributed by atoms with Crippen molar-refractivity contribution >= 4 is 34.8 Å². The molecule has 1 atom stereocenters. The van der Waals surface area contributed by atoms with Crippen LogP contribution >= 0.6 is 11.6 Å². The molecule has 0 saturated carbocycles. The molecule has 0 radical (unpaired) electrons. The molecule has 1 unspecified atom stereocenters. The third kappa shape index (κ3) is 2.56. The van der Waals surface area contributed by atoms with E-state index >= 15 is 0 Å². The maximum atomic E-state index is 10.6. The van der Waals surface area contributed by atoms with E-state index in [1.54, 1.807) is 6.07 Å². The van der Waals surface area contributed by atoms with Crippen molar-refractivity contribution in [2.75, 3.05) is 4.72 Å². The Labute approximate surface area is 95.6 Å². The zero-order valence-electron chi connectivity index (χ0n) is 8.30. The predicted octanol–water partition coefficient (Wildman–Crippen LogP) is 2.50. The molecule has 0 bridgehead atoms. The van der Waals surface area contributed by atoms with E-state index in [4.69, 9.17) is 21.6 Å². The van der Waals surface area contributed by atoms with Crippen LogP contribution in [-0.2, 0) is 11.3 Å². The number of benzene rings is 1. The van der Waals surface area contributed by atoms with Crippen molar-refractivity contribution in [3.05, 3.63) is 27.8 Å². The molecule has 0 aliphatic carbocycles. The minimum atomic E-state index is -2.16. The van der Waals surface area contributed by atoms with Gasteiger partial charge < -0.3 is 5.41 Å². The van der Waals surface area contributed by atoms with Gasteiger partial charge in [0, 0.05) is 11.8 Å². The van der Waals surface area contributed by atoms with Crippen LogP contribution in [0, 0.1) is 19.3 Å². The van der Waals surface area contributed by atoms with Gasteiger partial charge in [-0.25, -0.2) is 4.21 Å². The van der Waals surface area contributed by atoms with E-state index in [1.807, 2.05) is 13.8 Å². The fourth-order valence-electron chi connectivity index (χ4n) is 1.25. The molecular formula is C9H11ClN2O2S. The van der Waals surface area contributed by atoms with Gasteiger partial charge in [-0.3, -0.25) is 9.27 Å². The molecule has 0 aliphatic heterocycles. The summed E-state index contributed by atoms with van der Waals surface area (Å²) in [6.07, 6.45) is 1.14. The summed E-state index contributed by atoms with van der Waals surface area (Å²) < 4.78 is 21.6. The van der Waals surface area contributed by atoms with Crippen LogP contribution in [0.5, 0.6) is 0 Å². The molecule has 0 saturated heterocycles. The first-order valence-electron chi connectivity index (χ1n) is 4.15.